The highest BCUT2D eigenvalue weighted by molar-refractivity contribution is 5.83. The molecule has 92 valence electrons. The van der Waals surface area contributed by atoms with Gasteiger partial charge in [0.25, 0.3) is 0 Å². The van der Waals surface area contributed by atoms with Crippen molar-refractivity contribution < 1.29 is 4.74 Å². The molecule has 0 fully saturated rings. The Hall–Kier alpha value is -1.55. The van der Waals surface area contributed by atoms with E-state index in [4.69, 9.17) is 4.74 Å². The molecule has 0 radical (unpaired) electrons. The second-order valence-electron chi connectivity index (χ2n) is 4.51. The SMILES string of the molecule is COc1ccc2c(c1)c(CCN(C)C)nn2C. The molecular weight excluding hydrogens is 214 g/mol. The van der Waals surface area contributed by atoms with Crippen LogP contribution in [0.3, 0.4) is 0 Å². The van der Waals surface area contributed by atoms with Crippen molar-refractivity contribution in [3.8, 4) is 5.75 Å². The number of fused-ring (bicyclic) bond motifs is 1. The molecule has 0 unspecified atom stereocenters. The molecule has 0 N–H and O–H groups in total. The van der Waals surface area contributed by atoms with Gasteiger partial charge in [-0.3, -0.25) is 4.68 Å². The molecule has 0 aliphatic heterocycles. The monoisotopic (exact) mass is 233 g/mol. The summed E-state index contributed by atoms with van der Waals surface area (Å²) in [6, 6.07) is 6.09. The third kappa shape index (κ3) is 2.42. The molecule has 0 aliphatic rings. The molecule has 1 aromatic carbocycles. The molecule has 4 nitrogen and oxygen atoms in total. The average Bonchev–Trinajstić information content (AvgIpc) is 2.63. The summed E-state index contributed by atoms with van der Waals surface area (Å²) < 4.78 is 7.20. The van der Waals surface area contributed by atoms with E-state index in [9.17, 15) is 0 Å². The normalized spacial score (nSPS) is 11.4. The van der Waals surface area contributed by atoms with Gasteiger partial charge in [0.1, 0.15) is 5.75 Å². The Morgan fingerprint density at radius 3 is 2.76 bits per heavy atom. The van der Waals surface area contributed by atoms with Gasteiger partial charge in [0, 0.05) is 25.4 Å². The summed E-state index contributed by atoms with van der Waals surface area (Å²) in [6.45, 7) is 1.00. The van der Waals surface area contributed by atoms with Gasteiger partial charge >= 0.3 is 0 Å². The van der Waals surface area contributed by atoms with Crippen molar-refractivity contribution in [3.63, 3.8) is 0 Å². The van der Waals surface area contributed by atoms with E-state index in [-0.39, 0.29) is 0 Å². The number of nitrogens with zero attached hydrogens (tertiary/aromatic N) is 3. The molecule has 0 amide bonds. The standard InChI is InChI=1S/C13H19N3O/c1-15(2)8-7-12-11-9-10(17-4)5-6-13(11)16(3)14-12/h5-6,9H,7-8H2,1-4H3. The van der Waals surface area contributed by atoms with Gasteiger partial charge in [-0.15, -0.1) is 0 Å². The topological polar surface area (TPSA) is 30.3 Å². The van der Waals surface area contributed by atoms with Gasteiger partial charge in [-0.1, -0.05) is 0 Å². The predicted octanol–water partition coefficient (Wildman–Crippen LogP) is 1.69. The largest absolute Gasteiger partial charge is 0.497 e. The van der Waals surface area contributed by atoms with E-state index in [1.807, 2.05) is 17.8 Å². The van der Waals surface area contributed by atoms with Crippen LogP contribution in [0.5, 0.6) is 5.75 Å². The van der Waals surface area contributed by atoms with Crippen LogP contribution in [0.4, 0.5) is 0 Å². The van der Waals surface area contributed by atoms with Crippen LogP contribution < -0.4 is 4.74 Å². The maximum absolute atomic E-state index is 5.26. The summed E-state index contributed by atoms with van der Waals surface area (Å²) in [6.07, 6.45) is 0.956. The van der Waals surface area contributed by atoms with Gasteiger partial charge in [-0.2, -0.15) is 5.10 Å². The molecule has 0 saturated carbocycles. The fourth-order valence-electron chi connectivity index (χ4n) is 1.96. The third-order valence-electron chi connectivity index (χ3n) is 2.93. The Labute approximate surface area is 102 Å². The third-order valence-corrected chi connectivity index (χ3v) is 2.93. The zero-order valence-electron chi connectivity index (χ0n) is 10.9. The van der Waals surface area contributed by atoms with Gasteiger partial charge < -0.3 is 9.64 Å². The summed E-state index contributed by atoms with van der Waals surface area (Å²) in [5, 5.41) is 5.76. The molecule has 0 saturated heterocycles. The maximum Gasteiger partial charge on any atom is 0.119 e. The number of ether oxygens (including phenoxy) is 1. The number of methoxy groups -OCH3 is 1. The van der Waals surface area contributed by atoms with E-state index in [1.54, 1.807) is 7.11 Å². The van der Waals surface area contributed by atoms with Crippen molar-refractivity contribution >= 4 is 10.9 Å². The van der Waals surface area contributed by atoms with Crippen LogP contribution in [-0.2, 0) is 13.5 Å². The van der Waals surface area contributed by atoms with Crippen LogP contribution in [0.25, 0.3) is 10.9 Å². The quantitative estimate of drug-likeness (QED) is 0.805. The number of benzene rings is 1. The van der Waals surface area contributed by atoms with Crippen LogP contribution in [-0.4, -0.2) is 42.4 Å². The highest BCUT2D eigenvalue weighted by Crippen LogP contribution is 2.23. The smallest absolute Gasteiger partial charge is 0.119 e. The molecule has 2 aromatic rings. The van der Waals surface area contributed by atoms with Crippen LogP contribution in [0, 0.1) is 0 Å². The van der Waals surface area contributed by atoms with Gasteiger partial charge in [0.2, 0.25) is 0 Å². The summed E-state index contributed by atoms with van der Waals surface area (Å²) >= 11 is 0. The Morgan fingerprint density at radius 1 is 1.35 bits per heavy atom. The molecule has 2 rings (SSSR count). The molecule has 17 heavy (non-hydrogen) atoms. The van der Waals surface area contributed by atoms with Crippen LogP contribution >= 0.6 is 0 Å². The lowest BCUT2D eigenvalue weighted by Crippen LogP contribution is -2.15. The fourth-order valence-corrected chi connectivity index (χ4v) is 1.96. The Morgan fingerprint density at radius 2 is 2.12 bits per heavy atom. The molecule has 0 spiro atoms. The maximum atomic E-state index is 5.26. The van der Waals surface area contributed by atoms with E-state index in [1.165, 1.54) is 5.39 Å². The fraction of sp³-hybridized carbons (Fsp3) is 0.462. The van der Waals surface area contributed by atoms with Gasteiger partial charge in [0.05, 0.1) is 18.3 Å². The van der Waals surface area contributed by atoms with E-state index in [0.717, 1.165) is 29.9 Å². The first kappa shape index (κ1) is 11.9. The van der Waals surface area contributed by atoms with E-state index in [0.29, 0.717) is 0 Å². The van der Waals surface area contributed by atoms with Crippen LogP contribution in [0.2, 0.25) is 0 Å². The highest BCUT2D eigenvalue weighted by Gasteiger charge is 2.09. The number of rotatable bonds is 4. The molecular formula is C13H19N3O. The van der Waals surface area contributed by atoms with Gasteiger partial charge in [0.15, 0.2) is 0 Å². The minimum absolute atomic E-state index is 0.886. The van der Waals surface area contributed by atoms with Crippen molar-refractivity contribution in [2.24, 2.45) is 7.05 Å². The zero-order chi connectivity index (χ0) is 12.4. The molecule has 1 aromatic heterocycles. The average molecular weight is 233 g/mol. The number of likely N-dealkylation sites (N-methyl/N-ethyl adjacent to an activating group) is 1. The molecule has 0 aliphatic carbocycles. The molecule has 1 heterocycles. The Bertz CT molecular complexity index is 517. The van der Waals surface area contributed by atoms with Crippen molar-refractivity contribution in [2.75, 3.05) is 27.7 Å². The number of aryl methyl sites for hydroxylation is 1. The number of hydrogen-bond acceptors (Lipinski definition) is 3. The second kappa shape index (κ2) is 4.75. The highest BCUT2D eigenvalue weighted by atomic mass is 16.5. The summed E-state index contributed by atoms with van der Waals surface area (Å²) in [4.78, 5) is 2.17. The summed E-state index contributed by atoms with van der Waals surface area (Å²) in [7, 11) is 7.82. The minimum atomic E-state index is 0.886. The van der Waals surface area contributed by atoms with Crippen LogP contribution in [0.1, 0.15) is 5.69 Å². The lowest BCUT2D eigenvalue weighted by atomic mass is 10.1. The zero-order valence-corrected chi connectivity index (χ0v) is 10.9. The molecule has 4 heteroatoms. The van der Waals surface area contributed by atoms with Crippen molar-refractivity contribution in [3.05, 3.63) is 23.9 Å². The predicted molar refractivity (Wildman–Crippen MR) is 69.5 cm³/mol. The summed E-state index contributed by atoms with van der Waals surface area (Å²) in [5.74, 6) is 0.886. The minimum Gasteiger partial charge on any atom is -0.497 e. The lowest BCUT2D eigenvalue weighted by Gasteiger charge is -2.07. The first-order valence-corrected chi connectivity index (χ1v) is 5.76. The first-order valence-electron chi connectivity index (χ1n) is 5.76. The van der Waals surface area contributed by atoms with Crippen molar-refractivity contribution in [1.29, 1.82) is 0 Å². The van der Waals surface area contributed by atoms with Gasteiger partial charge in [-0.05, 0) is 32.3 Å². The van der Waals surface area contributed by atoms with Crippen molar-refractivity contribution in [2.45, 2.75) is 6.42 Å². The van der Waals surface area contributed by atoms with Crippen molar-refractivity contribution in [1.82, 2.24) is 14.7 Å². The molecule has 0 bridgehead atoms. The second-order valence-corrected chi connectivity index (χ2v) is 4.51. The van der Waals surface area contributed by atoms with Crippen LogP contribution in [0.15, 0.2) is 18.2 Å². The number of aromatic nitrogens is 2. The number of hydrogen-bond donors (Lipinski definition) is 0. The molecule has 0 atom stereocenters. The Kier molecular flexibility index (Phi) is 3.33. The first-order chi connectivity index (χ1) is 8.11. The van der Waals surface area contributed by atoms with Gasteiger partial charge in [-0.25, -0.2) is 0 Å². The Balaban J connectivity index is 2.40. The summed E-state index contributed by atoms with van der Waals surface area (Å²) in [5.41, 5.74) is 2.29. The van der Waals surface area contributed by atoms with E-state index in [2.05, 4.69) is 36.2 Å². The lowest BCUT2D eigenvalue weighted by molar-refractivity contribution is 0.411. The van der Waals surface area contributed by atoms with E-state index < -0.39 is 0 Å². The van der Waals surface area contributed by atoms with E-state index >= 15 is 0 Å².